The van der Waals surface area contributed by atoms with Crippen molar-refractivity contribution in [2.75, 3.05) is 24.8 Å². The van der Waals surface area contributed by atoms with Crippen LogP contribution >= 0.6 is 15.9 Å². The SMILES string of the molecule is CCOC(=O)c1cc(N)c(NCc2ccc(Br)cc2)c(OC)c1. The summed E-state index contributed by atoms with van der Waals surface area (Å²) in [6.45, 7) is 2.66. The van der Waals surface area contributed by atoms with E-state index in [0.717, 1.165) is 10.0 Å². The second-order valence-electron chi connectivity index (χ2n) is 4.84. The van der Waals surface area contributed by atoms with Crippen LogP contribution in [-0.4, -0.2) is 19.7 Å². The molecule has 0 radical (unpaired) electrons. The van der Waals surface area contributed by atoms with Gasteiger partial charge in [-0.3, -0.25) is 0 Å². The molecule has 0 fully saturated rings. The molecular formula is C17H19BrN2O3. The van der Waals surface area contributed by atoms with Gasteiger partial charge in [0, 0.05) is 11.0 Å². The van der Waals surface area contributed by atoms with E-state index >= 15 is 0 Å². The van der Waals surface area contributed by atoms with Crippen LogP contribution < -0.4 is 15.8 Å². The smallest absolute Gasteiger partial charge is 0.338 e. The second-order valence-corrected chi connectivity index (χ2v) is 5.76. The van der Waals surface area contributed by atoms with Crippen LogP contribution in [0.25, 0.3) is 0 Å². The molecule has 0 saturated carbocycles. The Labute approximate surface area is 143 Å². The van der Waals surface area contributed by atoms with Crippen molar-refractivity contribution in [2.45, 2.75) is 13.5 Å². The monoisotopic (exact) mass is 378 g/mol. The van der Waals surface area contributed by atoms with E-state index in [4.69, 9.17) is 15.2 Å². The Bertz CT molecular complexity index is 687. The quantitative estimate of drug-likeness (QED) is 0.590. The molecule has 0 unspecified atom stereocenters. The lowest BCUT2D eigenvalue weighted by atomic mass is 10.1. The van der Waals surface area contributed by atoms with Crippen molar-refractivity contribution in [2.24, 2.45) is 0 Å². The number of esters is 1. The zero-order valence-corrected chi connectivity index (χ0v) is 14.6. The first-order chi connectivity index (χ1) is 11.0. The number of benzene rings is 2. The van der Waals surface area contributed by atoms with Crippen LogP contribution in [0.4, 0.5) is 11.4 Å². The van der Waals surface area contributed by atoms with Gasteiger partial charge in [-0.15, -0.1) is 0 Å². The summed E-state index contributed by atoms with van der Waals surface area (Å²) in [6.07, 6.45) is 0. The summed E-state index contributed by atoms with van der Waals surface area (Å²) in [5, 5.41) is 3.25. The van der Waals surface area contributed by atoms with Gasteiger partial charge in [0.25, 0.3) is 0 Å². The number of carbonyl (C=O) groups is 1. The van der Waals surface area contributed by atoms with Gasteiger partial charge in [-0.25, -0.2) is 4.79 Å². The summed E-state index contributed by atoms with van der Waals surface area (Å²) in [5.74, 6) is 0.0853. The van der Waals surface area contributed by atoms with Gasteiger partial charge in [-0.1, -0.05) is 28.1 Å². The minimum absolute atomic E-state index is 0.310. The molecule has 0 aromatic heterocycles. The number of nitrogens with two attached hydrogens (primary N) is 1. The summed E-state index contributed by atoms with van der Waals surface area (Å²) >= 11 is 3.41. The molecule has 0 bridgehead atoms. The number of methoxy groups -OCH3 is 1. The van der Waals surface area contributed by atoms with Crippen molar-refractivity contribution >= 4 is 33.3 Å². The van der Waals surface area contributed by atoms with E-state index in [1.54, 1.807) is 19.1 Å². The standard InChI is InChI=1S/C17H19BrN2O3/c1-3-23-17(21)12-8-14(19)16(15(9-12)22-2)20-10-11-4-6-13(18)7-5-11/h4-9,20H,3,10,19H2,1-2H3. The van der Waals surface area contributed by atoms with Crippen LogP contribution in [0.5, 0.6) is 5.75 Å². The van der Waals surface area contributed by atoms with Crippen LogP contribution in [0.3, 0.4) is 0 Å². The Kier molecular flexibility index (Phi) is 5.87. The molecule has 6 heteroatoms. The molecule has 0 saturated heterocycles. The number of hydrogen-bond donors (Lipinski definition) is 2. The van der Waals surface area contributed by atoms with E-state index in [0.29, 0.717) is 35.8 Å². The summed E-state index contributed by atoms with van der Waals surface area (Å²) < 4.78 is 11.4. The third-order valence-electron chi connectivity index (χ3n) is 3.25. The lowest BCUT2D eigenvalue weighted by Gasteiger charge is -2.15. The van der Waals surface area contributed by atoms with Crippen LogP contribution in [0, 0.1) is 0 Å². The molecular weight excluding hydrogens is 360 g/mol. The molecule has 2 aromatic carbocycles. The predicted octanol–water partition coefficient (Wildman–Crippen LogP) is 3.83. The van der Waals surface area contributed by atoms with Crippen molar-refractivity contribution in [3.05, 3.63) is 52.0 Å². The lowest BCUT2D eigenvalue weighted by Crippen LogP contribution is -2.09. The van der Waals surface area contributed by atoms with E-state index in [-0.39, 0.29) is 0 Å². The van der Waals surface area contributed by atoms with E-state index in [1.165, 1.54) is 7.11 Å². The summed E-state index contributed by atoms with van der Waals surface area (Å²) in [7, 11) is 1.54. The molecule has 0 spiro atoms. The predicted molar refractivity (Wildman–Crippen MR) is 94.8 cm³/mol. The van der Waals surface area contributed by atoms with Gasteiger partial charge in [0.15, 0.2) is 0 Å². The van der Waals surface area contributed by atoms with Crippen LogP contribution in [0.1, 0.15) is 22.8 Å². The van der Waals surface area contributed by atoms with Crippen molar-refractivity contribution < 1.29 is 14.3 Å². The summed E-state index contributed by atoms with van der Waals surface area (Å²) in [5.41, 5.74) is 8.62. The van der Waals surface area contributed by atoms with Crippen molar-refractivity contribution in [3.63, 3.8) is 0 Å². The minimum atomic E-state index is -0.419. The molecule has 0 amide bonds. The van der Waals surface area contributed by atoms with Crippen molar-refractivity contribution in [3.8, 4) is 5.75 Å². The van der Waals surface area contributed by atoms with Crippen molar-refractivity contribution in [1.29, 1.82) is 0 Å². The highest BCUT2D eigenvalue weighted by molar-refractivity contribution is 9.10. The zero-order valence-electron chi connectivity index (χ0n) is 13.1. The molecule has 0 heterocycles. The number of nitrogens with one attached hydrogen (secondary N) is 1. The topological polar surface area (TPSA) is 73.6 Å². The van der Waals surface area contributed by atoms with Crippen LogP contribution in [0.2, 0.25) is 0 Å². The normalized spacial score (nSPS) is 10.2. The number of carbonyl (C=O) groups excluding carboxylic acids is 1. The Balaban J connectivity index is 2.20. The van der Waals surface area contributed by atoms with Crippen LogP contribution in [0.15, 0.2) is 40.9 Å². The Morgan fingerprint density at radius 3 is 2.57 bits per heavy atom. The van der Waals surface area contributed by atoms with E-state index in [9.17, 15) is 4.79 Å². The number of anilines is 2. The lowest BCUT2D eigenvalue weighted by molar-refractivity contribution is 0.0526. The molecule has 0 aliphatic carbocycles. The van der Waals surface area contributed by atoms with Gasteiger partial charge in [0.05, 0.1) is 25.0 Å². The summed E-state index contributed by atoms with van der Waals surface area (Å²) in [6, 6.07) is 11.2. The van der Waals surface area contributed by atoms with E-state index in [1.807, 2.05) is 24.3 Å². The molecule has 5 nitrogen and oxygen atoms in total. The molecule has 0 aliphatic rings. The minimum Gasteiger partial charge on any atom is -0.494 e. The van der Waals surface area contributed by atoms with Gasteiger partial charge in [-0.05, 0) is 36.8 Å². The first kappa shape index (κ1) is 17.1. The molecule has 23 heavy (non-hydrogen) atoms. The van der Waals surface area contributed by atoms with Gasteiger partial charge in [-0.2, -0.15) is 0 Å². The summed E-state index contributed by atoms with van der Waals surface area (Å²) in [4.78, 5) is 11.8. The molecule has 2 aromatic rings. The van der Waals surface area contributed by atoms with Gasteiger partial charge < -0.3 is 20.5 Å². The average molecular weight is 379 g/mol. The molecule has 3 N–H and O–H groups in total. The Hall–Kier alpha value is -2.21. The van der Waals surface area contributed by atoms with E-state index < -0.39 is 5.97 Å². The third kappa shape index (κ3) is 4.39. The fourth-order valence-electron chi connectivity index (χ4n) is 2.11. The molecule has 0 atom stereocenters. The Morgan fingerprint density at radius 2 is 1.96 bits per heavy atom. The van der Waals surface area contributed by atoms with Crippen LogP contribution in [-0.2, 0) is 11.3 Å². The first-order valence-electron chi connectivity index (χ1n) is 7.18. The number of hydrogen-bond acceptors (Lipinski definition) is 5. The highest BCUT2D eigenvalue weighted by atomic mass is 79.9. The molecule has 0 aliphatic heterocycles. The van der Waals surface area contributed by atoms with Gasteiger partial charge in [0.2, 0.25) is 0 Å². The number of ether oxygens (including phenoxy) is 2. The zero-order chi connectivity index (χ0) is 16.8. The molecule has 122 valence electrons. The second kappa shape index (κ2) is 7.87. The molecule has 2 rings (SSSR count). The average Bonchev–Trinajstić information content (AvgIpc) is 2.54. The maximum absolute atomic E-state index is 11.8. The number of halogens is 1. The number of nitrogen functional groups attached to an aromatic ring is 1. The van der Waals surface area contributed by atoms with E-state index in [2.05, 4.69) is 21.2 Å². The van der Waals surface area contributed by atoms with Gasteiger partial charge in [0.1, 0.15) is 11.4 Å². The maximum Gasteiger partial charge on any atom is 0.338 e. The van der Waals surface area contributed by atoms with Crippen molar-refractivity contribution in [1.82, 2.24) is 0 Å². The van der Waals surface area contributed by atoms with Gasteiger partial charge >= 0.3 is 5.97 Å². The fraction of sp³-hybridized carbons (Fsp3) is 0.235. The number of rotatable bonds is 6. The first-order valence-corrected chi connectivity index (χ1v) is 7.97. The fourth-order valence-corrected chi connectivity index (χ4v) is 2.38. The highest BCUT2D eigenvalue weighted by Gasteiger charge is 2.14. The third-order valence-corrected chi connectivity index (χ3v) is 3.77. The maximum atomic E-state index is 11.8. The largest absolute Gasteiger partial charge is 0.494 e. The Morgan fingerprint density at radius 1 is 1.26 bits per heavy atom. The highest BCUT2D eigenvalue weighted by Crippen LogP contribution is 2.33.